The number of carbonyl (C=O) groups is 2. The van der Waals surface area contributed by atoms with Gasteiger partial charge in [0.2, 0.25) is 0 Å². The van der Waals surface area contributed by atoms with Gasteiger partial charge < -0.3 is 9.53 Å². The van der Waals surface area contributed by atoms with Crippen molar-refractivity contribution < 1.29 is 14.3 Å². The van der Waals surface area contributed by atoms with Gasteiger partial charge >= 0.3 is 6.09 Å². The standard InChI is InChI=1S/C16H28N2O3/c1-16(2,3)21-15(20)18-10-9-17(11-14(18)12-19)13-7-5-4-6-8-13/h12-14H,4-11H2,1-3H3. The summed E-state index contributed by atoms with van der Waals surface area (Å²) in [7, 11) is 0. The molecule has 1 aliphatic heterocycles. The van der Waals surface area contributed by atoms with Gasteiger partial charge in [-0.15, -0.1) is 0 Å². The number of nitrogens with zero attached hydrogens (tertiary/aromatic N) is 2. The third kappa shape index (κ3) is 4.43. The Morgan fingerprint density at radius 2 is 1.81 bits per heavy atom. The molecule has 5 heteroatoms. The highest BCUT2D eigenvalue weighted by molar-refractivity contribution is 5.74. The SMILES string of the molecule is CC(C)(C)OC(=O)N1CCN(C2CCCCC2)CC1C=O. The highest BCUT2D eigenvalue weighted by Gasteiger charge is 2.35. The molecule has 2 aliphatic rings. The zero-order chi connectivity index (χ0) is 15.5. The summed E-state index contributed by atoms with van der Waals surface area (Å²) in [5.74, 6) is 0. The number of hydrogen-bond acceptors (Lipinski definition) is 4. The van der Waals surface area contributed by atoms with E-state index in [4.69, 9.17) is 4.74 Å². The van der Waals surface area contributed by atoms with Crippen LogP contribution in [0.25, 0.3) is 0 Å². The fraction of sp³-hybridized carbons (Fsp3) is 0.875. The molecule has 5 nitrogen and oxygen atoms in total. The number of rotatable bonds is 2. The Bertz CT molecular complexity index is 372. The lowest BCUT2D eigenvalue weighted by Gasteiger charge is -2.43. The predicted molar refractivity (Wildman–Crippen MR) is 81.2 cm³/mol. The molecule has 1 aliphatic carbocycles. The largest absolute Gasteiger partial charge is 0.444 e. The summed E-state index contributed by atoms with van der Waals surface area (Å²) >= 11 is 0. The van der Waals surface area contributed by atoms with E-state index < -0.39 is 5.60 Å². The minimum absolute atomic E-state index is 0.372. The van der Waals surface area contributed by atoms with Crippen LogP contribution in [0.3, 0.4) is 0 Å². The summed E-state index contributed by atoms with van der Waals surface area (Å²) < 4.78 is 5.40. The van der Waals surface area contributed by atoms with Crippen molar-refractivity contribution >= 4 is 12.4 Å². The smallest absolute Gasteiger partial charge is 0.410 e. The molecule has 1 unspecified atom stereocenters. The van der Waals surface area contributed by atoms with E-state index in [1.165, 1.54) is 32.1 Å². The van der Waals surface area contributed by atoms with E-state index in [0.717, 1.165) is 12.8 Å². The van der Waals surface area contributed by atoms with Crippen molar-refractivity contribution in [2.45, 2.75) is 70.6 Å². The maximum atomic E-state index is 12.2. The van der Waals surface area contributed by atoms with Gasteiger partial charge in [-0.3, -0.25) is 9.80 Å². The van der Waals surface area contributed by atoms with Gasteiger partial charge in [0.05, 0.1) is 0 Å². The first-order chi connectivity index (χ1) is 9.90. The van der Waals surface area contributed by atoms with Gasteiger partial charge in [0.25, 0.3) is 0 Å². The van der Waals surface area contributed by atoms with E-state index in [-0.39, 0.29) is 12.1 Å². The van der Waals surface area contributed by atoms with Crippen molar-refractivity contribution in [3.8, 4) is 0 Å². The van der Waals surface area contributed by atoms with Crippen molar-refractivity contribution in [3.05, 3.63) is 0 Å². The van der Waals surface area contributed by atoms with Crippen molar-refractivity contribution in [2.24, 2.45) is 0 Å². The molecule has 0 radical (unpaired) electrons. The third-order valence-electron chi connectivity index (χ3n) is 4.33. The number of carbonyl (C=O) groups excluding carboxylic acids is 2. The first-order valence-corrected chi connectivity index (χ1v) is 8.09. The first kappa shape index (κ1) is 16.3. The van der Waals surface area contributed by atoms with Crippen LogP contribution in [0.1, 0.15) is 52.9 Å². The molecule has 0 aromatic heterocycles. The normalized spacial score (nSPS) is 25.7. The van der Waals surface area contributed by atoms with E-state index in [9.17, 15) is 9.59 Å². The summed E-state index contributed by atoms with van der Waals surface area (Å²) in [5, 5.41) is 0. The second-order valence-corrected chi connectivity index (χ2v) is 7.16. The van der Waals surface area contributed by atoms with Gasteiger partial charge in [0, 0.05) is 25.7 Å². The van der Waals surface area contributed by atoms with Gasteiger partial charge in [-0.2, -0.15) is 0 Å². The zero-order valence-electron chi connectivity index (χ0n) is 13.5. The fourth-order valence-electron chi connectivity index (χ4n) is 3.27. The summed E-state index contributed by atoms with van der Waals surface area (Å²) in [6, 6.07) is 0.206. The molecule has 2 fully saturated rings. The predicted octanol–water partition coefficient (Wildman–Crippen LogP) is 2.44. The Labute approximate surface area is 127 Å². The van der Waals surface area contributed by atoms with Crippen molar-refractivity contribution in [1.29, 1.82) is 0 Å². The van der Waals surface area contributed by atoms with Crippen LogP contribution in [0.2, 0.25) is 0 Å². The molecule has 1 heterocycles. The van der Waals surface area contributed by atoms with Crippen LogP contribution < -0.4 is 0 Å². The average Bonchev–Trinajstić information content (AvgIpc) is 2.45. The Hall–Kier alpha value is -1.10. The number of aldehydes is 1. The molecule has 1 atom stereocenters. The second-order valence-electron chi connectivity index (χ2n) is 7.16. The minimum Gasteiger partial charge on any atom is -0.444 e. The van der Waals surface area contributed by atoms with Crippen LogP contribution in [0, 0.1) is 0 Å². The van der Waals surface area contributed by atoms with Gasteiger partial charge in [-0.1, -0.05) is 19.3 Å². The van der Waals surface area contributed by atoms with Crippen LogP contribution in [0.4, 0.5) is 4.79 Å². The Kier molecular flexibility index (Phi) is 5.25. The lowest BCUT2D eigenvalue weighted by molar-refractivity contribution is -0.115. The highest BCUT2D eigenvalue weighted by Crippen LogP contribution is 2.25. The van der Waals surface area contributed by atoms with E-state index in [1.54, 1.807) is 4.90 Å². The van der Waals surface area contributed by atoms with E-state index >= 15 is 0 Å². The average molecular weight is 296 g/mol. The van der Waals surface area contributed by atoms with Gasteiger partial charge in [0.1, 0.15) is 17.9 Å². The lowest BCUT2D eigenvalue weighted by Crippen LogP contribution is -2.59. The van der Waals surface area contributed by atoms with Crippen LogP contribution in [0.15, 0.2) is 0 Å². The highest BCUT2D eigenvalue weighted by atomic mass is 16.6. The van der Waals surface area contributed by atoms with Crippen molar-refractivity contribution in [2.75, 3.05) is 19.6 Å². The number of ether oxygens (including phenoxy) is 1. The molecule has 0 bridgehead atoms. The number of hydrogen-bond donors (Lipinski definition) is 0. The molecule has 1 saturated heterocycles. The van der Waals surface area contributed by atoms with Crippen LogP contribution >= 0.6 is 0 Å². The fourth-order valence-corrected chi connectivity index (χ4v) is 3.27. The Morgan fingerprint density at radius 1 is 1.14 bits per heavy atom. The summed E-state index contributed by atoms with van der Waals surface area (Å²) in [4.78, 5) is 27.6. The van der Waals surface area contributed by atoms with Gasteiger partial charge in [-0.05, 0) is 33.6 Å². The van der Waals surface area contributed by atoms with Crippen LogP contribution in [-0.2, 0) is 9.53 Å². The maximum absolute atomic E-state index is 12.2. The number of piperazine rings is 1. The van der Waals surface area contributed by atoms with E-state index in [0.29, 0.717) is 19.1 Å². The summed E-state index contributed by atoms with van der Waals surface area (Å²) in [6.07, 6.45) is 6.84. The van der Waals surface area contributed by atoms with Gasteiger partial charge in [-0.25, -0.2) is 4.79 Å². The quantitative estimate of drug-likeness (QED) is 0.734. The van der Waals surface area contributed by atoms with Crippen molar-refractivity contribution in [3.63, 3.8) is 0 Å². The molecule has 120 valence electrons. The van der Waals surface area contributed by atoms with Gasteiger partial charge in [0.15, 0.2) is 0 Å². The lowest BCUT2D eigenvalue weighted by atomic mass is 9.93. The molecule has 21 heavy (non-hydrogen) atoms. The zero-order valence-corrected chi connectivity index (χ0v) is 13.5. The molecular formula is C16H28N2O3. The molecule has 1 amide bonds. The van der Waals surface area contributed by atoms with Crippen molar-refractivity contribution in [1.82, 2.24) is 9.80 Å². The third-order valence-corrected chi connectivity index (χ3v) is 4.33. The Morgan fingerprint density at radius 3 is 2.38 bits per heavy atom. The molecule has 1 saturated carbocycles. The molecule has 0 aromatic rings. The van der Waals surface area contributed by atoms with E-state index in [2.05, 4.69) is 4.90 Å². The molecule has 0 spiro atoms. The molecule has 2 rings (SSSR count). The topological polar surface area (TPSA) is 49.9 Å². The minimum atomic E-state index is -0.523. The summed E-state index contributed by atoms with van der Waals surface area (Å²) in [6.45, 7) is 7.60. The molecule has 0 aromatic carbocycles. The first-order valence-electron chi connectivity index (χ1n) is 8.09. The second kappa shape index (κ2) is 6.77. The van der Waals surface area contributed by atoms with Crippen LogP contribution in [0.5, 0.6) is 0 Å². The molecular weight excluding hydrogens is 268 g/mol. The van der Waals surface area contributed by atoms with Crippen LogP contribution in [-0.4, -0.2) is 59.5 Å². The Balaban J connectivity index is 1.94. The summed E-state index contributed by atoms with van der Waals surface area (Å²) in [5.41, 5.74) is -0.523. The maximum Gasteiger partial charge on any atom is 0.410 e. The molecule has 0 N–H and O–H groups in total. The number of amides is 1. The monoisotopic (exact) mass is 296 g/mol. The van der Waals surface area contributed by atoms with E-state index in [1.807, 2.05) is 20.8 Å².